The molecule has 0 spiro atoms. The van der Waals surface area contributed by atoms with Crippen LogP contribution in [-0.2, 0) is 0 Å². The average Bonchev–Trinajstić information content (AvgIpc) is 2.73. The van der Waals surface area contributed by atoms with E-state index in [2.05, 4.69) is 15.2 Å². The quantitative estimate of drug-likeness (QED) is 0.412. The number of methoxy groups -OCH3 is 2. The lowest BCUT2D eigenvalue weighted by molar-refractivity contribution is 0.236. The number of hydroxylamine groups is 1. The maximum absolute atomic E-state index is 9.38. The molecule has 0 fully saturated rings. The van der Waals surface area contributed by atoms with Gasteiger partial charge in [-0.05, 0) is 50.2 Å². The van der Waals surface area contributed by atoms with Crippen molar-refractivity contribution in [2.75, 3.05) is 20.8 Å². The van der Waals surface area contributed by atoms with Crippen molar-refractivity contribution in [2.24, 2.45) is 15.2 Å². The van der Waals surface area contributed by atoms with Crippen molar-refractivity contribution in [1.29, 1.82) is 0 Å². The zero-order chi connectivity index (χ0) is 20.4. The Morgan fingerprint density at radius 2 is 1.79 bits per heavy atom. The van der Waals surface area contributed by atoms with Crippen molar-refractivity contribution in [2.45, 2.75) is 13.8 Å². The molecule has 0 aliphatic heterocycles. The van der Waals surface area contributed by atoms with E-state index in [0.717, 1.165) is 11.3 Å². The van der Waals surface area contributed by atoms with E-state index in [1.807, 2.05) is 18.5 Å². The SMILES string of the molecule is CCOc1ccc(N=C(NO)/C(C)=N/N=Cc2ccc(OC)cc2OC)cc1. The van der Waals surface area contributed by atoms with Crippen LogP contribution in [0.3, 0.4) is 0 Å². The van der Waals surface area contributed by atoms with Crippen LogP contribution in [0.2, 0.25) is 0 Å². The molecule has 0 saturated carbocycles. The number of amidine groups is 1. The highest BCUT2D eigenvalue weighted by molar-refractivity contribution is 6.40. The Hall–Kier alpha value is -3.39. The van der Waals surface area contributed by atoms with Crippen LogP contribution in [0.1, 0.15) is 19.4 Å². The van der Waals surface area contributed by atoms with Crippen LogP contribution < -0.4 is 19.7 Å². The van der Waals surface area contributed by atoms with Crippen LogP contribution >= 0.6 is 0 Å². The van der Waals surface area contributed by atoms with Crippen LogP contribution in [0.25, 0.3) is 0 Å². The van der Waals surface area contributed by atoms with E-state index in [1.54, 1.807) is 63.8 Å². The summed E-state index contributed by atoms with van der Waals surface area (Å²) in [5.41, 5.74) is 3.82. The monoisotopic (exact) mass is 384 g/mol. The van der Waals surface area contributed by atoms with Crippen LogP contribution in [-0.4, -0.2) is 43.8 Å². The van der Waals surface area contributed by atoms with Crippen molar-refractivity contribution in [3.8, 4) is 17.2 Å². The smallest absolute Gasteiger partial charge is 0.173 e. The lowest BCUT2D eigenvalue weighted by Gasteiger charge is -2.06. The summed E-state index contributed by atoms with van der Waals surface area (Å²) in [6.45, 7) is 4.19. The third-order valence-electron chi connectivity index (χ3n) is 3.68. The van der Waals surface area contributed by atoms with E-state index in [4.69, 9.17) is 14.2 Å². The summed E-state index contributed by atoms with van der Waals surface area (Å²) in [5.74, 6) is 2.23. The summed E-state index contributed by atoms with van der Waals surface area (Å²) < 4.78 is 15.9. The summed E-state index contributed by atoms with van der Waals surface area (Å²) in [4.78, 5) is 4.31. The number of benzene rings is 2. The molecule has 8 heteroatoms. The topological polar surface area (TPSA) is 97.0 Å². The molecule has 0 saturated heterocycles. The van der Waals surface area contributed by atoms with Gasteiger partial charge in [0.2, 0.25) is 0 Å². The van der Waals surface area contributed by atoms with Crippen molar-refractivity contribution >= 4 is 23.4 Å². The maximum atomic E-state index is 9.38. The molecule has 0 aliphatic carbocycles. The summed E-state index contributed by atoms with van der Waals surface area (Å²) in [6, 6.07) is 12.5. The zero-order valence-corrected chi connectivity index (χ0v) is 16.3. The summed E-state index contributed by atoms with van der Waals surface area (Å²) in [7, 11) is 3.15. The number of aliphatic imine (C=N–C) groups is 1. The second kappa shape index (κ2) is 10.7. The number of rotatable bonds is 8. The van der Waals surface area contributed by atoms with Gasteiger partial charge in [0.1, 0.15) is 23.0 Å². The molecule has 28 heavy (non-hydrogen) atoms. The normalized spacial score (nSPS) is 12.2. The fourth-order valence-corrected chi connectivity index (χ4v) is 2.25. The average molecular weight is 384 g/mol. The van der Waals surface area contributed by atoms with Gasteiger partial charge < -0.3 is 14.2 Å². The maximum Gasteiger partial charge on any atom is 0.173 e. The minimum atomic E-state index is 0.183. The Morgan fingerprint density at radius 3 is 2.39 bits per heavy atom. The molecule has 0 aromatic heterocycles. The van der Waals surface area contributed by atoms with E-state index in [0.29, 0.717) is 29.5 Å². The largest absolute Gasteiger partial charge is 0.497 e. The fraction of sp³-hybridized carbons (Fsp3) is 0.250. The predicted molar refractivity (Wildman–Crippen MR) is 110 cm³/mol. The Labute approximate surface area is 164 Å². The molecular weight excluding hydrogens is 360 g/mol. The van der Waals surface area contributed by atoms with Gasteiger partial charge in [0.15, 0.2) is 5.84 Å². The molecule has 148 valence electrons. The van der Waals surface area contributed by atoms with E-state index in [1.165, 1.54) is 0 Å². The van der Waals surface area contributed by atoms with Gasteiger partial charge >= 0.3 is 0 Å². The number of ether oxygens (including phenoxy) is 3. The molecule has 8 nitrogen and oxygen atoms in total. The second-order valence-corrected chi connectivity index (χ2v) is 5.54. The first-order chi connectivity index (χ1) is 13.6. The van der Waals surface area contributed by atoms with Gasteiger partial charge in [-0.1, -0.05) is 0 Å². The standard InChI is InChI=1S/C20H24N4O4/c1-5-28-17-10-7-16(8-11-17)22-20(24-25)14(2)23-21-13-15-6-9-18(26-3)12-19(15)27-4/h6-13,25H,5H2,1-4H3,(H,22,24)/b21-13?,23-14+. The molecule has 2 aromatic carbocycles. The van der Waals surface area contributed by atoms with Gasteiger partial charge in [-0.3, -0.25) is 10.7 Å². The van der Waals surface area contributed by atoms with Crippen molar-refractivity contribution in [3.05, 3.63) is 48.0 Å². The first-order valence-electron chi connectivity index (χ1n) is 8.63. The van der Waals surface area contributed by atoms with Gasteiger partial charge in [0, 0.05) is 11.6 Å². The Kier molecular flexibility index (Phi) is 7.98. The highest BCUT2D eigenvalue weighted by Crippen LogP contribution is 2.23. The second-order valence-electron chi connectivity index (χ2n) is 5.54. The zero-order valence-electron chi connectivity index (χ0n) is 16.3. The molecule has 0 bridgehead atoms. The molecule has 0 atom stereocenters. The third kappa shape index (κ3) is 5.82. The number of nitrogens with one attached hydrogen (secondary N) is 1. The first-order valence-corrected chi connectivity index (χ1v) is 8.63. The lowest BCUT2D eigenvalue weighted by Crippen LogP contribution is -2.26. The van der Waals surface area contributed by atoms with E-state index >= 15 is 0 Å². The fourth-order valence-electron chi connectivity index (χ4n) is 2.25. The van der Waals surface area contributed by atoms with Crippen molar-refractivity contribution in [3.63, 3.8) is 0 Å². The third-order valence-corrected chi connectivity index (χ3v) is 3.68. The van der Waals surface area contributed by atoms with E-state index in [-0.39, 0.29) is 5.84 Å². The molecule has 2 rings (SSSR count). The number of hydrogen-bond donors (Lipinski definition) is 2. The Morgan fingerprint density at radius 1 is 1.07 bits per heavy atom. The van der Waals surface area contributed by atoms with Crippen LogP contribution in [0.15, 0.2) is 57.7 Å². The van der Waals surface area contributed by atoms with E-state index < -0.39 is 0 Å². The lowest BCUT2D eigenvalue weighted by atomic mass is 10.2. The predicted octanol–water partition coefficient (Wildman–Crippen LogP) is 3.61. The minimum absolute atomic E-state index is 0.183. The van der Waals surface area contributed by atoms with Crippen LogP contribution in [0.5, 0.6) is 17.2 Å². The molecule has 2 aromatic rings. The molecular formula is C20H24N4O4. The molecule has 0 radical (unpaired) electrons. The molecule has 0 amide bonds. The van der Waals surface area contributed by atoms with Crippen molar-refractivity contribution in [1.82, 2.24) is 5.48 Å². The number of hydrogen-bond acceptors (Lipinski definition) is 7. The summed E-state index contributed by atoms with van der Waals surface area (Å²) >= 11 is 0. The van der Waals surface area contributed by atoms with Gasteiger partial charge in [-0.25, -0.2) is 4.99 Å². The Bertz CT molecular complexity index is 861. The minimum Gasteiger partial charge on any atom is -0.497 e. The molecule has 0 unspecified atom stereocenters. The van der Waals surface area contributed by atoms with Gasteiger partial charge in [0.25, 0.3) is 0 Å². The first kappa shape index (κ1) is 20.9. The molecule has 0 aliphatic rings. The molecule has 0 heterocycles. The van der Waals surface area contributed by atoms with Crippen molar-refractivity contribution < 1.29 is 19.4 Å². The van der Waals surface area contributed by atoms with Gasteiger partial charge in [-0.2, -0.15) is 10.2 Å². The van der Waals surface area contributed by atoms with Gasteiger partial charge in [0.05, 0.1) is 32.7 Å². The summed E-state index contributed by atoms with van der Waals surface area (Å²) in [6.07, 6.45) is 1.55. The number of nitrogens with zero attached hydrogens (tertiary/aromatic N) is 3. The Balaban J connectivity index is 2.16. The highest BCUT2D eigenvalue weighted by atomic mass is 16.5. The van der Waals surface area contributed by atoms with Crippen LogP contribution in [0, 0.1) is 0 Å². The molecule has 2 N–H and O–H groups in total. The summed E-state index contributed by atoms with van der Waals surface area (Å²) in [5, 5.41) is 17.5. The highest BCUT2D eigenvalue weighted by Gasteiger charge is 2.05. The van der Waals surface area contributed by atoms with Gasteiger partial charge in [-0.15, -0.1) is 0 Å². The van der Waals surface area contributed by atoms with E-state index in [9.17, 15) is 5.21 Å². The van der Waals surface area contributed by atoms with Crippen LogP contribution in [0.4, 0.5) is 5.69 Å².